The molecule has 1 saturated carbocycles. The maximum atomic E-state index is 13.6. The van der Waals surface area contributed by atoms with E-state index in [9.17, 15) is 32.8 Å². The van der Waals surface area contributed by atoms with E-state index < -0.39 is 11.7 Å². The number of carbonyl (C=O) groups is 5. The predicted molar refractivity (Wildman–Crippen MR) is 241 cm³/mol. The zero-order chi connectivity index (χ0) is 44.3. The lowest BCUT2D eigenvalue weighted by molar-refractivity contribution is -0.286. The van der Waals surface area contributed by atoms with Crippen LogP contribution in [-0.4, -0.2) is 78.4 Å². The highest BCUT2D eigenvalue weighted by Crippen LogP contribution is 2.52. The van der Waals surface area contributed by atoms with Crippen molar-refractivity contribution in [3.05, 3.63) is 114 Å². The van der Waals surface area contributed by atoms with E-state index in [0.717, 1.165) is 45.5 Å². The van der Waals surface area contributed by atoms with Crippen molar-refractivity contribution in [2.75, 3.05) is 42.9 Å². The number of carbonyl (C=O) groups excluding carboxylic acids is 5. The van der Waals surface area contributed by atoms with E-state index in [1.54, 1.807) is 35.2 Å². The van der Waals surface area contributed by atoms with Crippen LogP contribution >= 0.6 is 11.3 Å². The molecular formula is C47H52F2N6O7S. The first-order valence-corrected chi connectivity index (χ1v) is 21.7. The van der Waals surface area contributed by atoms with E-state index in [0.29, 0.717) is 80.1 Å². The second-order valence-corrected chi connectivity index (χ2v) is 17.0. The van der Waals surface area contributed by atoms with Crippen LogP contribution < -0.4 is 30.3 Å². The molecule has 0 atom stereocenters. The lowest BCUT2D eigenvalue weighted by Crippen LogP contribution is -2.51. The van der Waals surface area contributed by atoms with Crippen LogP contribution in [0, 0.1) is 6.92 Å². The molecule has 4 heterocycles. The third-order valence-corrected chi connectivity index (χ3v) is 12.7. The van der Waals surface area contributed by atoms with Gasteiger partial charge in [-0.3, -0.25) is 24.0 Å². The largest absolute Gasteiger partial charge is 0.586 e. The summed E-state index contributed by atoms with van der Waals surface area (Å²) in [6.45, 7) is 7.30. The maximum absolute atomic E-state index is 13.6. The Morgan fingerprint density at radius 1 is 0.921 bits per heavy atom. The summed E-state index contributed by atoms with van der Waals surface area (Å²) in [6.07, 6.45) is 1.80. The zero-order valence-electron chi connectivity index (χ0n) is 34.6. The predicted octanol–water partition coefficient (Wildman–Crippen LogP) is 8.01. The van der Waals surface area contributed by atoms with Crippen molar-refractivity contribution in [1.29, 1.82) is 0 Å². The van der Waals surface area contributed by atoms with E-state index in [-0.39, 0.29) is 51.9 Å². The number of nitrogens with one attached hydrogen (secondary N) is 3. The summed E-state index contributed by atoms with van der Waals surface area (Å²) in [5.74, 6) is -0.813. The average Bonchev–Trinajstić information content (AvgIpc) is 3.88. The second-order valence-electron chi connectivity index (χ2n) is 15.9. The van der Waals surface area contributed by atoms with Crippen LogP contribution in [0.4, 0.5) is 19.6 Å². The molecule has 63 heavy (non-hydrogen) atoms. The van der Waals surface area contributed by atoms with Gasteiger partial charge in [-0.2, -0.15) is 0 Å². The van der Waals surface area contributed by atoms with Crippen molar-refractivity contribution >= 4 is 61.8 Å². The van der Waals surface area contributed by atoms with Gasteiger partial charge in [0.15, 0.2) is 11.5 Å². The minimum Gasteiger partial charge on any atom is -0.395 e. The summed E-state index contributed by atoms with van der Waals surface area (Å²) in [5.41, 5.74) is 3.29. The van der Waals surface area contributed by atoms with Crippen molar-refractivity contribution in [3.63, 3.8) is 0 Å². The van der Waals surface area contributed by atoms with E-state index in [4.69, 9.17) is 4.98 Å². The van der Waals surface area contributed by atoms with Crippen molar-refractivity contribution < 1.29 is 46.5 Å². The second kappa shape index (κ2) is 18.0. The third-order valence-electron chi connectivity index (χ3n) is 11.5. The molecule has 0 unspecified atom stereocenters. The number of amides is 5. The topological polar surface area (TPSA) is 159 Å². The standard InChI is InChI=1S/C47H46F2N6O7S.3H2/c1-3-40(57)54-22-23-55(41(58)28-54)42-26-33-24-30(11-15-37(33)63-42)12-17-39(56)50-20-5-4-6-21-51-44(59)32-9-7-8-31(25-32)43-29(2)10-16-38(52-43)53-45(60)46(18-19-46)34-13-14-35-36(27-34)62-47(48,49)61-35;;;/h3,7-11,13-16,24-27H,1,4-6,12,17-23,28H2,2H3,(H,50,56)(H,51,59)(H,52,53,60);3*1H. The first kappa shape index (κ1) is 43.0. The molecule has 0 bridgehead atoms. The molecule has 2 aliphatic heterocycles. The Labute approximate surface area is 370 Å². The van der Waals surface area contributed by atoms with Gasteiger partial charge in [0.2, 0.25) is 23.6 Å². The molecule has 2 aromatic heterocycles. The molecule has 1 saturated heterocycles. The number of pyridine rings is 1. The van der Waals surface area contributed by atoms with Crippen molar-refractivity contribution in [3.8, 4) is 22.8 Å². The number of nitrogens with zero attached hydrogens (tertiary/aromatic N) is 3. The summed E-state index contributed by atoms with van der Waals surface area (Å²) in [6, 6.07) is 23.1. The lowest BCUT2D eigenvalue weighted by Gasteiger charge is -2.32. The van der Waals surface area contributed by atoms with Crippen LogP contribution in [0.15, 0.2) is 91.5 Å². The van der Waals surface area contributed by atoms with E-state index in [2.05, 4.69) is 38.1 Å². The fraction of sp³-hybridized carbons (Fsp3) is 0.319. The molecule has 5 amide bonds. The number of halogens is 2. The minimum absolute atomic E-state index is 0. The zero-order valence-corrected chi connectivity index (χ0v) is 35.5. The molecule has 16 heteroatoms. The number of benzene rings is 3. The van der Waals surface area contributed by atoms with Crippen molar-refractivity contribution in [1.82, 2.24) is 20.5 Å². The number of aryl methyl sites for hydroxylation is 2. The number of hydrogen-bond acceptors (Lipinski definition) is 9. The molecule has 332 valence electrons. The summed E-state index contributed by atoms with van der Waals surface area (Å²) < 4.78 is 37.3. The normalized spacial score (nSPS) is 15.8. The van der Waals surface area contributed by atoms with Crippen molar-refractivity contribution in [2.45, 2.75) is 63.6 Å². The Morgan fingerprint density at radius 2 is 1.71 bits per heavy atom. The van der Waals surface area contributed by atoms with Crippen LogP contribution in [0.5, 0.6) is 11.5 Å². The number of ether oxygens (including phenoxy) is 2. The minimum atomic E-state index is -3.75. The number of alkyl halides is 2. The molecular weight excluding hydrogens is 831 g/mol. The Morgan fingerprint density at radius 3 is 2.49 bits per heavy atom. The average molecular weight is 883 g/mol. The molecule has 3 aliphatic rings. The number of anilines is 2. The lowest BCUT2D eigenvalue weighted by atomic mass is 9.94. The fourth-order valence-electron chi connectivity index (χ4n) is 7.85. The number of piperazine rings is 1. The van der Waals surface area contributed by atoms with E-state index >= 15 is 0 Å². The molecule has 13 nitrogen and oxygen atoms in total. The van der Waals surface area contributed by atoms with Gasteiger partial charge in [-0.1, -0.05) is 43.0 Å². The summed E-state index contributed by atoms with van der Waals surface area (Å²) in [5, 5.41) is 10.7. The van der Waals surface area contributed by atoms with Gasteiger partial charge in [0, 0.05) is 52.7 Å². The Balaban J connectivity index is 0.00000272. The van der Waals surface area contributed by atoms with Gasteiger partial charge in [-0.05, 0) is 116 Å². The number of fused-ring (bicyclic) bond motifs is 2. The maximum Gasteiger partial charge on any atom is 0.586 e. The van der Waals surface area contributed by atoms with Gasteiger partial charge < -0.3 is 35.2 Å². The first-order valence-electron chi connectivity index (χ1n) is 20.9. The quantitative estimate of drug-likeness (QED) is 0.0664. The first-order chi connectivity index (χ1) is 30.3. The number of thiophene rings is 1. The van der Waals surface area contributed by atoms with Crippen LogP contribution in [-0.2, 0) is 31.0 Å². The van der Waals surface area contributed by atoms with Crippen LogP contribution in [0.3, 0.4) is 0 Å². The number of rotatable bonds is 16. The Hall–Kier alpha value is -6.68. The number of aromatic nitrogens is 1. The molecule has 0 radical (unpaired) electrons. The highest BCUT2D eigenvalue weighted by molar-refractivity contribution is 7.23. The smallest absolute Gasteiger partial charge is 0.395 e. The fourth-order valence-corrected chi connectivity index (χ4v) is 8.93. The number of unbranched alkanes of at least 4 members (excludes halogenated alkanes) is 2. The number of hydrogen-bond donors (Lipinski definition) is 3. The molecule has 2 fully saturated rings. The molecule has 1 aliphatic carbocycles. The molecule has 3 aromatic carbocycles. The van der Waals surface area contributed by atoms with E-state index in [1.807, 2.05) is 37.3 Å². The third kappa shape index (κ3) is 9.70. The van der Waals surface area contributed by atoms with Gasteiger partial charge in [0.1, 0.15) is 12.4 Å². The van der Waals surface area contributed by atoms with Gasteiger partial charge in [-0.25, -0.2) is 4.98 Å². The molecule has 5 aromatic rings. The van der Waals surface area contributed by atoms with Gasteiger partial charge in [-0.15, -0.1) is 20.1 Å². The Bertz CT molecular complexity index is 2650. The highest BCUT2D eigenvalue weighted by Gasteiger charge is 2.53. The van der Waals surface area contributed by atoms with Gasteiger partial charge in [0.25, 0.3) is 5.91 Å². The highest BCUT2D eigenvalue weighted by atomic mass is 32.1. The van der Waals surface area contributed by atoms with Gasteiger partial charge >= 0.3 is 6.29 Å². The summed E-state index contributed by atoms with van der Waals surface area (Å²) >= 11 is 1.53. The Kier molecular flexibility index (Phi) is 12.3. The molecule has 3 N–H and O–H groups in total. The van der Waals surface area contributed by atoms with Crippen LogP contribution in [0.2, 0.25) is 0 Å². The summed E-state index contributed by atoms with van der Waals surface area (Å²) in [7, 11) is 0. The summed E-state index contributed by atoms with van der Waals surface area (Å²) in [4.78, 5) is 71.9. The van der Waals surface area contributed by atoms with Crippen molar-refractivity contribution in [2.24, 2.45) is 0 Å². The molecule has 8 rings (SSSR count). The van der Waals surface area contributed by atoms with Crippen LogP contribution in [0.1, 0.15) is 69.9 Å². The SMILES string of the molecule is C=CC(=O)N1CCN(c2cc3cc(CCC(=O)NCCCCCNC(=O)c4cccc(-c5nc(NC(=O)C6(c7ccc8c(c7)OC(F)(F)O8)CC6)ccc5C)c4)ccc3s2)C(=O)C1.[HH].[HH].[HH]. The monoisotopic (exact) mass is 882 g/mol. The van der Waals surface area contributed by atoms with Crippen LogP contribution in [0.25, 0.3) is 21.3 Å². The van der Waals surface area contributed by atoms with Gasteiger partial charge in [0.05, 0.1) is 16.1 Å². The molecule has 0 spiro atoms. The van der Waals surface area contributed by atoms with E-state index in [1.165, 1.54) is 34.4 Å².